The van der Waals surface area contributed by atoms with Gasteiger partial charge in [0.1, 0.15) is 12.9 Å². The molecule has 0 spiro atoms. The number of phenolic OH excluding ortho intramolecular Hbond substituents is 1. The van der Waals surface area contributed by atoms with E-state index in [1.807, 2.05) is 19.1 Å². The maximum Gasteiger partial charge on any atom is 0.133 e. The van der Waals surface area contributed by atoms with Crippen LogP contribution >= 0.6 is 22.6 Å². The Kier molecular flexibility index (Phi) is 5.01. The van der Waals surface area contributed by atoms with Gasteiger partial charge in [-0.25, -0.2) is 0 Å². The Morgan fingerprint density at radius 1 is 1.56 bits per heavy atom. The zero-order valence-electron chi connectivity index (χ0n) is 9.33. The maximum atomic E-state index is 9.75. The van der Waals surface area contributed by atoms with E-state index in [0.29, 0.717) is 6.54 Å². The Bertz CT molecular complexity index is 405. The van der Waals surface area contributed by atoms with Crippen LogP contribution in [0.4, 0.5) is 0 Å². The number of phenols is 1. The zero-order chi connectivity index (χ0) is 12.1. The van der Waals surface area contributed by atoms with Crippen molar-refractivity contribution in [3.05, 3.63) is 26.8 Å². The van der Waals surface area contributed by atoms with Gasteiger partial charge in [0.25, 0.3) is 0 Å². The third kappa shape index (κ3) is 2.85. The lowest BCUT2D eigenvalue weighted by Crippen LogP contribution is -2.04. The minimum absolute atomic E-state index is 0.250. The Morgan fingerprint density at radius 2 is 2.25 bits per heavy atom. The number of oxime groups is 1. The van der Waals surface area contributed by atoms with Crippen molar-refractivity contribution >= 4 is 28.3 Å². The number of hydrogen-bond donors (Lipinski definition) is 2. The van der Waals surface area contributed by atoms with Crippen LogP contribution in [0.25, 0.3) is 0 Å². The van der Waals surface area contributed by atoms with Gasteiger partial charge < -0.3 is 15.7 Å². The second-order valence-electron chi connectivity index (χ2n) is 3.24. The first-order valence-corrected chi connectivity index (χ1v) is 6.03. The topological polar surface area (TPSA) is 67.8 Å². The lowest BCUT2D eigenvalue weighted by molar-refractivity contribution is 0.213. The predicted octanol–water partition coefficient (Wildman–Crippen LogP) is 2.22. The second kappa shape index (κ2) is 6.05. The molecule has 0 saturated heterocycles. The van der Waals surface area contributed by atoms with E-state index in [9.17, 15) is 5.11 Å². The van der Waals surface area contributed by atoms with E-state index in [4.69, 9.17) is 10.6 Å². The molecule has 0 fully saturated rings. The highest BCUT2D eigenvalue weighted by atomic mass is 127. The van der Waals surface area contributed by atoms with Gasteiger partial charge in [-0.3, -0.25) is 0 Å². The number of nitrogens with two attached hydrogens (primary N) is 1. The summed E-state index contributed by atoms with van der Waals surface area (Å²) in [5, 5.41) is 13.7. The average Bonchev–Trinajstić information content (AvgIpc) is 2.29. The molecule has 0 saturated carbocycles. The minimum Gasteiger partial charge on any atom is -0.507 e. The van der Waals surface area contributed by atoms with Gasteiger partial charge in [-0.2, -0.15) is 0 Å². The second-order valence-corrected chi connectivity index (χ2v) is 4.41. The first-order chi connectivity index (χ1) is 7.63. The summed E-state index contributed by atoms with van der Waals surface area (Å²) < 4.78 is 0.771. The molecule has 5 heteroatoms. The van der Waals surface area contributed by atoms with Crippen molar-refractivity contribution in [2.75, 3.05) is 7.11 Å². The summed E-state index contributed by atoms with van der Waals surface area (Å²) in [5.41, 5.74) is 8.07. The summed E-state index contributed by atoms with van der Waals surface area (Å²) in [6.07, 6.45) is 0.763. The molecule has 0 unspecified atom stereocenters. The molecular weight excluding hydrogens is 319 g/mol. The molecule has 88 valence electrons. The lowest BCUT2D eigenvalue weighted by Gasteiger charge is -2.09. The minimum atomic E-state index is 0.250. The Morgan fingerprint density at radius 3 is 2.75 bits per heavy atom. The monoisotopic (exact) mass is 334 g/mol. The van der Waals surface area contributed by atoms with Crippen molar-refractivity contribution in [2.24, 2.45) is 10.9 Å². The van der Waals surface area contributed by atoms with Gasteiger partial charge in [-0.1, -0.05) is 12.1 Å². The molecule has 16 heavy (non-hydrogen) atoms. The van der Waals surface area contributed by atoms with Crippen LogP contribution in [0.2, 0.25) is 0 Å². The SMILES string of the molecule is CCC(=NOC)c1cc(I)c(O)c(CN)c1. The van der Waals surface area contributed by atoms with E-state index in [-0.39, 0.29) is 5.75 Å². The third-order valence-electron chi connectivity index (χ3n) is 2.23. The van der Waals surface area contributed by atoms with Crippen LogP contribution in [-0.2, 0) is 11.4 Å². The molecule has 0 amide bonds. The highest BCUT2D eigenvalue weighted by Gasteiger charge is 2.10. The number of rotatable bonds is 4. The Balaban J connectivity index is 3.24. The van der Waals surface area contributed by atoms with E-state index < -0.39 is 0 Å². The van der Waals surface area contributed by atoms with Gasteiger partial charge in [-0.15, -0.1) is 0 Å². The molecule has 1 aromatic carbocycles. The van der Waals surface area contributed by atoms with Gasteiger partial charge in [0, 0.05) is 17.7 Å². The summed E-state index contributed by atoms with van der Waals surface area (Å²) in [7, 11) is 1.52. The highest BCUT2D eigenvalue weighted by Crippen LogP contribution is 2.26. The summed E-state index contributed by atoms with van der Waals surface area (Å²) in [5.74, 6) is 0.250. The first kappa shape index (κ1) is 13.2. The fourth-order valence-corrected chi connectivity index (χ4v) is 2.09. The highest BCUT2D eigenvalue weighted by molar-refractivity contribution is 14.1. The predicted molar refractivity (Wildman–Crippen MR) is 72.6 cm³/mol. The molecule has 0 aliphatic rings. The van der Waals surface area contributed by atoms with E-state index in [0.717, 1.165) is 26.8 Å². The van der Waals surface area contributed by atoms with Gasteiger partial charge in [0.05, 0.1) is 9.28 Å². The molecule has 1 aromatic rings. The molecule has 0 bridgehead atoms. The molecule has 0 aromatic heterocycles. The van der Waals surface area contributed by atoms with Gasteiger partial charge in [0.2, 0.25) is 0 Å². The average molecular weight is 334 g/mol. The van der Waals surface area contributed by atoms with Crippen molar-refractivity contribution in [3.8, 4) is 5.75 Å². The fourth-order valence-electron chi connectivity index (χ4n) is 1.41. The van der Waals surface area contributed by atoms with Crippen LogP contribution in [-0.4, -0.2) is 17.9 Å². The normalized spacial score (nSPS) is 11.6. The van der Waals surface area contributed by atoms with Gasteiger partial charge in [-0.05, 0) is 41.1 Å². The molecule has 0 atom stereocenters. The van der Waals surface area contributed by atoms with E-state index in [1.165, 1.54) is 7.11 Å². The van der Waals surface area contributed by atoms with Crippen molar-refractivity contribution in [1.82, 2.24) is 0 Å². The van der Waals surface area contributed by atoms with Crippen molar-refractivity contribution in [3.63, 3.8) is 0 Å². The summed E-state index contributed by atoms with van der Waals surface area (Å²) in [4.78, 5) is 4.78. The molecule has 4 nitrogen and oxygen atoms in total. The Labute approximate surface area is 109 Å². The molecule has 0 aliphatic carbocycles. The van der Waals surface area contributed by atoms with Gasteiger partial charge in [0.15, 0.2) is 0 Å². The number of nitrogens with zero attached hydrogens (tertiary/aromatic N) is 1. The quantitative estimate of drug-likeness (QED) is 0.504. The van der Waals surface area contributed by atoms with E-state index in [2.05, 4.69) is 27.7 Å². The smallest absolute Gasteiger partial charge is 0.133 e. The van der Waals surface area contributed by atoms with Crippen LogP contribution in [0.5, 0.6) is 5.75 Å². The number of aromatic hydroxyl groups is 1. The van der Waals surface area contributed by atoms with Crippen LogP contribution in [0.1, 0.15) is 24.5 Å². The third-order valence-corrected chi connectivity index (χ3v) is 3.05. The van der Waals surface area contributed by atoms with Crippen LogP contribution < -0.4 is 5.73 Å². The first-order valence-electron chi connectivity index (χ1n) is 4.95. The maximum absolute atomic E-state index is 9.75. The standard InChI is InChI=1S/C11H15IN2O2/c1-3-10(14-16-2)7-4-8(6-13)11(15)9(12)5-7/h4-5,15H,3,6,13H2,1-2H3. The number of benzene rings is 1. The zero-order valence-corrected chi connectivity index (χ0v) is 11.5. The summed E-state index contributed by atoms with van der Waals surface area (Å²) >= 11 is 2.08. The fraction of sp³-hybridized carbons (Fsp3) is 0.364. The van der Waals surface area contributed by atoms with Crippen LogP contribution in [0.15, 0.2) is 17.3 Å². The lowest BCUT2D eigenvalue weighted by atomic mass is 10.0. The molecule has 0 radical (unpaired) electrons. The summed E-state index contributed by atoms with van der Waals surface area (Å²) in [6, 6.07) is 3.72. The largest absolute Gasteiger partial charge is 0.507 e. The molecule has 0 aliphatic heterocycles. The number of halogens is 1. The number of hydrogen-bond acceptors (Lipinski definition) is 4. The Hall–Kier alpha value is -0.820. The van der Waals surface area contributed by atoms with Crippen LogP contribution in [0, 0.1) is 3.57 Å². The molecule has 3 N–H and O–H groups in total. The van der Waals surface area contributed by atoms with Gasteiger partial charge >= 0.3 is 0 Å². The van der Waals surface area contributed by atoms with E-state index in [1.54, 1.807) is 0 Å². The van der Waals surface area contributed by atoms with Crippen molar-refractivity contribution in [1.29, 1.82) is 0 Å². The molecular formula is C11H15IN2O2. The van der Waals surface area contributed by atoms with Crippen LogP contribution in [0.3, 0.4) is 0 Å². The van der Waals surface area contributed by atoms with Crippen molar-refractivity contribution < 1.29 is 9.94 Å². The summed E-state index contributed by atoms with van der Waals surface area (Å²) in [6.45, 7) is 2.30. The molecule has 0 heterocycles. The van der Waals surface area contributed by atoms with E-state index >= 15 is 0 Å². The van der Waals surface area contributed by atoms with Crippen molar-refractivity contribution in [2.45, 2.75) is 19.9 Å². The molecule has 1 rings (SSSR count).